The number of Topliss-reactive ketones (excluding diaryl/α,β-unsaturated/α-hetero) is 1. The summed E-state index contributed by atoms with van der Waals surface area (Å²) in [5.74, 6) is 1.53. The van der Waals surface area contributed by atoms with E-state index < -0.39 is 0 Å². The molecule has 0 amide bonds. The monoisotopic (exact) mass is 314 g/mol. The Morgan fingerprint density at radius 1 is 1.26 bits per heavy atom. The van der Waals surface area contributed by atoms with Crippen molar-refractivity contribution in [3.63, 3.8) is 0 Å². The van der Waals surface area contributed by atoms with Crippen LogP contribution in [0.25, 0.3) is 0 Å². The van der Waals surface area contributed by atoms with Crippen molar-refractivity contribution in [2.75, 3.05) is 14.2 Å². The number of methoxy groups -OCH3 is 2. The Morgan fingerprint density at radius 2 is 2.09 bits per heavy atom. The van der Waals surface area contributed by atoms with Crippen molar-refractivity contribution < 1.29 is 19.1 Å². The summed E-state index contributed by atoms with van der Waals surface area (Å²) >= 11 is 0. The first kappa shape index (κ1) is 13.8. The highest BCUT2D eigenvalue weighted by Crippen LogP contribution is 2.89. The normalized spacial score (nSPS) is 48.7. The Kier molecular flexibility index (Phi) is 2.45. The summed E-state index contributed by atoms with van der Waals surface area (Å²) in [6, 6.07) is 0. The van der Waals surface area contributed by atoms with Crippen LogP contribution in [0.2, 0.25) is 0 Å². The second-order valence-corrected chi connectivity index (χ2v) is 7.85. The number of allylic oxidation sites excluding steroid dienone is 4. The van der Waals surface area contributed by atoms with Crippen molar-refractivity contribution in [3.8, 4) is 0 Å². The third-order valence-electron chi connectivity index (χ3n) is 7.48. The first-order valence-corrected chi connectivity index (χ1v) is 8.70. The van der Waals surface area contributed by atoms with Gasteiger partial charge in [0.2, 0.25) is 0 Å². The zero-order valence-corrected chi connectivity index (χ0v) is 13.6. The van der Waals surface area contributed by atoms with Crippen LogP contribution in [0.3, 0.4) is 0 Å². The van der Waals surface area contributed by atoms with E-state index in [4.69, 9.17) is 9.47 Å². The molecule has 4 heteroatoms. The second kappa shape index (κ2) is 4.08. The van der Waals surface area contributed by atoms with Crippen molar-refractivity contribution in [1.82, 2.24) is 0 Å². The van der Waals surface area contributed by atoms with Crippen molar-refractivity contribution in [2.45, 2.75) is 32.1 Å². The Labute approximate surface area is 135 Å². The molecule has 4 fully saturated rings. The van der Waals surface area contributed by atoms with Crippen LogP contribution < -0.4 is 0 Å². The van der Waals surface area contributed by atoms with Crippen LogP contribution in [0.1, 0.15) is 32.1 Å². The van der Waals surface area contributed by atoms with E-state index in [-0.39, 0.29) is 40.5 Å². The number of hydrogen-bond donors (Lipinski definition) is 0. The summed E-state index contributed by atoms with van der Waals surface area (Å²) in [5.41, 5.74) is 1.22. The number of ketones is 1. The highest BCUT2D eigenvalue weighted by atomic mass is 16.5. The number of esters is 1. The van der Waals surface area contributed by atoms with Gasteiger partial charge in [-0.25, -0.2) is 0 Å². The first-order valence-electron chi connectivity index (χ1n) is 8.70. The third kappa shape index (κ3) is 1.25. The highest BCUT2D eigenvalue weighted by molar-refractivity contribution is 5.96. The number of fused-ring (bicyclic) bond motifs is 2. The smallest absolute Gasteiger partial charge is 0.309 e. The molecule has 0 aliphatic heterocycles. The lowest BCUT2D eigenvalue weighted by Gasteiger charge is -2.45. The molecule has 23 heavy (non-hydrogen) atoms. The molecule has 0 saturated heterocycles. The summed E-state index contributed by atoms with van der Waals surface area (Å²) in [7, 11) is 3.18. The Bertz CT molecular complexity index is 689. The molecule has 4 nitrogen and oxygen atoms in total. The molecular formula is C19H22O4. The minimum absolute atomic E-state index is 0.0454. The highest BCUT2D eigenvalue weighted by Gasteiger charge is 2.89. The predicted octanol–water partition coefficient (Wildman–Crippen LogP) is 2.64. The van der Waals surface area contributed by atoms with Crippen LogP contribution in [0.15, 0.2) is 23.5 Å². The van der Waals surface area contributed by atoms with Gasteiger partial charge in [0.25, 0.3) is 0 Å². The molecule has 0 radical (unpaired) electrons. The fourth-order valence-corrected chi connectivity index (χ4v) is 6.77. The van der Waals surface area contributed by atoms with Crippen LogP contribution in [0.4, 0.5) is 0 Å². The number of carbonyl (C=O) groups excluding carboxylic acids is 2. The number of ether oxygens (including phenoxy) is 2. The van der Waals surface area contributed by atoms with Crippen molar-refractivity contribution in [1.29, 1.82) is 0 Å². The Hall–Kier alpha value is -1.58. The largest absolute Gasteiger partial charge is 0.501 e. The standard InChI is InChI=1S/C19H22O4/c1-22-14-8-12-11(17(21)23-2)4-3-5-13(12)18-7-6-10-9-19(14,18)16(18)15(10)20/h5,8,10-12,16H,3-4,6-7,9H2,1-2H3/t10-,11-,12-,16?,18+,19-/m1/s1. The molecule has 6 aliphatic carbocycles. The maximum absolute atomic E-state index is 12.8. The maximum atomic E-state index is 12.8. The van der Waals surface area contributed by atoms with E-state index in [9.17, 15) is 9.59 Å². The van der Waals surface area contributed by atoms with E-state index in [0.717, 1.165) is 37.9 Å². The molecule has 122 valence electrons. The molecular weight excluding hydrogens is 292 g/mol. The maximum Gasteiger partial charge on any atom is 0.309 e. The second-order valence-electron chi connectivity index (χ2n) is 7.85. The van der Waals surface area contributed by atoms with Gasteiger partial charge in [0, 0.05) is 28.6 Å². The first-order chi connectivity index (χ1) is 11.1. The molecule has 0 aromatic rings. The summed E-state index contributed by atoms with van der Waals surface area (Å²) < 4.78 is 10.8. The molecule has 6 rings (SSSR count). The van der Waals surface area contributed by atoms with Crippen molar-refractivity contribution >= 4 is 11.8 Å². The van der Waals surface area contributed by atoms with Gasteiger partial charge >= 0.3 is 5.97 Å². The van der Waals surface area contributed by atoms with Gasteiger partial charge in [-0.2, -0.15) is 0 Å². The van der Waals surface area contributed by atoms with Gasteiger partial charge in [-0.1, -0.05) is 11.6 Å². The quantitative estimate of drug-likeness (QED) is 0.581. The third-order valence-corrected chi connectivity index (χ3v) is 7.48. The van der Waals surface area contributed by atoms with E-state index in [2.05, 4.69) is 12.2 Å². The lowest BCUT2D eigenvalue weighted by Crippen LogP contribution is -2.41. The van der Waals surface area contributed by atoms with E-state index in [1.165, 1.54) is 12.7 Å². The van der Waals surface area contributed by atoms with E-state index in [1.807, 2.05) is 0 Å². The van der Waals surface area contributed by atoms with Crippen molar-refractivity contribution in [2.24, 2.45) is 34.5 Å². The lowest BCUT2D eigenvalue weighted by atomic mass is 9.59. The Balaban J connectivity index is 1.68. The average Bonchev–Trinajstić information content (AvgIpc) is 3.15. The van der Waals surface area contributed by atoms with Crippen molar-refractivity contribution in [3.05, 3.63) is 23.5 Å². The summed E-state index contributed by atoms with van der Waals surface area (Å²) in [4.78, 5) is 25.0. The molecule has 0 N–H and O–H groups in total. The zero-order chi connectivity index (χ0) is 16.0. The SMILES string of the molecule is COC(=O)[C@@H]1CCC=C2[C@@H]1C=C(OC)[C@@]13C[C@H]4CC[C@@]21C3C4=O. The van der Waals surface area contributed by atoms with Crippen LogP contribution >= 0.6 is 0 Å². The predicted molar refractivity (Wildman–Crippen MR) is 82.1 cm³/mol. The molecule has 4 bridgehead atoms. The molecule has 4 saturated carbocycles. The molecule has 0 heterocycles. The van der Waals surface area contributed by atoms with Gasteiger partial charge in [-0.15, -0.1) is 0 Å². The van der Waals surface area contributed by atoms with Gasteiger partial charge in [-0.3, -0.25) is 9.59 Å². The minimum atomic E-state index is -0.134. The summed E-state index contributed by atoms with van der Waals surface area (Å²) in [5, 5.41) is 0. The number of carbonyl (C=O) groups is 2. The lowest BCUT2D eigenvalue weighted by molar-refractivity contribution is -0.147. The summed E-state index contributed by atoms with van der Waals surface area (Å²) in [6.45, 7) is 0. The number of rotatable bonds is 2. The topological polar surface area (TPSA) is 52.6 Å². The fourth-order valence-electron chi connectivity index (χ4n) is 6.77. The van der Waals surface area contributed by atoms with E-state index >= 15 is 0 Å². The van der Waals surface area contributed by atoms with Gasteiger partial charge in [0.1, 0.15) is 11.5 Å². The minimum Gasteiger partial charge on any atom is -0.501 e. The van der Waals surface area contributed by atoms with Crippen LogP contribution in [0.5, 0.6) is 0 Å². The van der Waals surface area contributed by atoms with Gasteiger partial charge in [0.05, 0.1) is 20.1 Å². The van der Waals surface area contributed by atoms with Crippen LogP contribution in [-0.4, -0.2) is 26.0 Å². The van der Waals surface area contributed by atoms with Gasteiger partial charge in [-0.05, 0) is 38.2 Å². The molecule has 6 aliphatic rings. The van der Waals surface area contributed by atoms with Gasteiger partial charge in [0.15, 0.2) is 0 Å². The molecule has 2 spiro atoms. The van der Waals surface area contributed by atoms with Gasteiger partial charge < -0.3 is 9.47 Å². The van der Waals surface area contributed by atoms with E-state index in [1.54, 1.807) is 7.11 Å². The fraction of sp³-hybridized carbons (Fsp3) is 0.684. The van der Waals surface area contributed by atoms with Crippen LogP contribution in [0, 0.1) is 34.5 Å². The zero-order valence-electron chi connectivity index (χ0n) is 13.6. The number of hydrogen-bond acceptors (Lipinski definition) is 4. The van der Waals surface area contributed by atoms with Crippen LogP contribution in [-0.2, 0) is 19.1 Å². The molecule has 0 aromatic heterocycles. The summed E-state index contributed by atoms with van der Waals surface area (Å²) in [6.07, 6.45) is 9.21. The average molecular weight is 314 g/mol. The van der Waals surface area contributed by atoms with E-state index in [0.29, 0.717) is 5.78 Å². The molecule has 0 aromatic carbocycles. The molecule has 6 atom stereocenters. The Morgan fingerprint density at radius 3 is 2.83 bits per heavy atom. The molecule has 1 unspecified atom stereocenters.